The quantitative estimate of drug-likeness (QED) is 0.869. The molecule has 0 spiro atoms. The molecule has 0 aromatic heterocycles. The van der Waals surface area contributed by atoms with Crippen molar-refractivity contribution in [3.05, 3.63) is 29.8 Å². The predicted octanol–water partition coefficient (Wildman–Crippen LogP) is 2.40. The van der Waals surface area contributed by atoms with Gasteiger partial charge in [0, 0.05) is 7.11 Å². The molecule has 1 fully saturated rings. The smallest absolute Gasteiger partial charge is 0.119 e. The molecule has 3 nitrogen and oxygen atoms in total. The minimum atomic E-state index is 0.366. The monoisotopic (exact) mass is 249 g/mol. The van der Waals surface area contributed by atoms with Crippen LogP contribution < -0.4 is 10.1 Å². The zero-order chi connectivity index (χ0) is 12.6. The minimum absolute atomic E-state index is 0.366. The summed E-state index contributed by atoms with van der Waals surface area (Å²) in [5.41, 5.74) is 1.30. The molecule has 1 aromatic rings. The molecule has 1 N–H and O–H groups in total. The summed E-state index contributed by atoms with van der Waals surface area (Å²) in [5.74, 6) is 0.989. The maximum Gasteiger partial charge on any atom is 0.119 e. The van der Waals surface area contributed by atoms with Crippen molar-refractivity contribution in [2.75, 3.05) is 26.8 Å². The fourth-order valence-electron chi connectivity index (χ4n) is 2.25. The number of nitrogens with one attached hydrogen (secondary N) is 1. The molecule has 1 aromatic carbocycles. The van der Waals surface area contributed by atoms with Gasteiger partial charge in [-0.1, -0.05) is 12.1 Å². The molecule has 18 heavy (non-hydrogen) atoms. The van der Waals surface area contributed by atoms with E-state index in [-0.39, 0.29) is 0 Å². The molecule has 1 aliphatic heterocycles. The van der Waals surface area contributed by atoms with E-state index in [4.69, 9.17) is 9.47 Å². The van der Waals surface area contributed by atoms with E-state index in [0.29, 0.717) is 6.10 Å². The van der Waals surface area contributed by atoms with Crippen LogP contribution in [0.4, 0.5) is 0 Å². The summed E-state index contributed by atoms with van der Waals surface area (Å²) in [7, 11) is 1.73. The summed E-state index contributed by atoms with van der Waals surface area (Å²) < 4.78 is 11.1. The van der Waals surface area contributed by atoms with Crippen LogP contribution in [0.15, 0.2) is 24.3 Å². The van der Waals surface area contributed by atoms with Gasteiger partial charge in [-0.2, -0.15) is 0 Å². The van der Waals surface area contributed by atoms with Gasteiger partial charge in [-0.25, -0.2) is 0 Å². The Labute approximate surface area is 109 Å². The molecule has 1 unspecified atom stereocenters. The number of hydrogen-bond acceptors (Lipinski definition) is 3. The average Bonchev–Trinajstić information content (AvgIpc) is 2.67. The van der Waals surface area contributed by atoms with Gasteiger partial charge in [0.25, 0.3) is 0 Å². The third-order valence-corrected chi connectivity index (χ3v) is 3.34. The molecule has 100 valence electrons. The van der Waals surface area contributed by atoms with Crippen molar-refractivity contribution in [1.29, 1.82) is 0 Å². The lowest BCUT2D eigenvalue weighted by molar-refractivity contribution is 0.187. The van der Waals surface area contributed by atoms with Crippen LogP contribution in [-0.4, -0.2) is 32.9 Å². The largest absolute Gasteiger partial charge is 0.490 e. The van der Waals surface area contributed by atoms with Gasteiger partial charge in [-0.05, 0) is 56.5 Å². The molecule has 1 heterocycles. The molecule has 0 radical (unpaired) electrons. The average molecular weight is 249 g/mol. The van der Waals surface area contributed by atoms with E-state index >= 15 is 0 Å². The first kappa shape index (κ1) is 13.4. The van der Waals surface area contributed by atoms with Crippen LogP contribution in [0.3, 0.4) is 0 Å². The summed E-state index contributed by atoms with van der Waals surface area (Å²) in [5, 5.41) is 3.40. The fourth-order valence-corrected chi connectivity index (χ4v) is 2.25. The molecule has 0 bridgehead atoms. The van der Waals surface area contributed by atoms with Crippen LogP contribution in [0.5, 0.6) is 5.75 Å². The van der Waals surface area contributed by atoms with E-state index in [1.165, 1.54) is 12.0 Å². The second-order valence-electron chi connectivity index (χ2n) is 4.81. The highest BCUT2D eigenvalue weighted by molar-refractivity contribution is 5.27. The Bertz CT molecular complexity index is 329. The van der Waals surface area contributed by atoms with Crippen molar-refractivity contribution in [2.24, 2.45) is 0 Å². The summed E-state index contributed by atoms with van der Waals surface area (Å²) in [6, 6.07) is 8.40. The number of hydrogen-bond donors (Lipinski definition) is 1. The van der Waals surface area contributed by atoms with Crippen molar-refractivity contribution in [3.8, 4) is 5.75 Å². The molecular weight excluding hydrogens is 226 g/mol. The fraction of sp³-hybridized carbons (Fsp3) is 0.600. The molecule has 1 atom stereocenters. The van der Waals surface area contributed by atoms with Crippen LogP contribution in [0.25, 0.3) is 0 Å². The first-order chi connectivity index (χ1) is 8.88. The standard InChI is InChI=1S/C15H23NO2/c1-17-12-9-13-4-6-15(7-5-13)18-14-3-2-10-16-11-8-14/h4-7,14,16H,2-3,8-12H2,1H3. The lowest BCUT2D eigenvalue weighted by atomic mass is 10.1. The number of benzene rings is 1. The molecule has 3 heteroatoms. The number of rotatable bonds is 5. The Hall–Kier alpha value is -1.06. The van der Waals surface area contributed by atoms with E-state index < -0.39 is 0 Å². The lowest BCUT2D eigenvalue weighted by Gasteiger charge is -2.16. The van der Waals surface area contributed by atoms with E-state index in [1.807, 2.05) is 0 Å². The van der Waals surface area contributed by atoms with Crippen molar-refractivity contribution >= 4 is 0 Å². The molecule has 0 amide bonds. The van der Waals surface area contributed by atoms with E-state index in [1.54, 1.807) is 7.11 Å². The van der Waals surface area contributed by atoms with Gasteiger partial charge in [0.05, 0.1) is 12.7 Å². The van der Waals surface area contributed by atoms with Gasteiger partial charge in [0.15, 0.2) is 0 Å². The van der Waals surface area contributed by atoms with Crippen molar-refractivity contribution in [2.45, 2.75) is 31.8 Å². The van der Waals surface area contributed by atoms with Crippen LogP contribution >= 0.6 is 0 Å². The van der Waals surface area contributed by atoms with Crippen molar-refractivity contribution < 1.29 is 9.47 Å². The Balaban J connectivity index is 1.84. The van der Waals surface area contributed by atoms with Gasteiger partial charge in [-0.15, -0.1) is 0 Å². The Kier molecular flexibility index (Phi) is 5.49. The topological polar surface area (TPSA) is 30.5 Å². The molecular formula is C15H23NO2. The van der Waals surface area contributed by atoms with Crippen molar-refractivity contribution in [1.82, 2.24) is 5.32 Å². The second kappa shape index (κ2) is 7.39. The highest BCUT2D eigenvalue weighted by Gasteiger charge is 2.13. The van der Waals surface area contributed by atoms with Gasteiger partial charge >= 0.3 is 0 Å². The lowest BCUT2D eigenvalue weighted by Crippen LogP contribution is -2.19. The predicted molar refractivity (Wildman–Crippen MR) is 73.2 cm³/mol. The maximum atomic E-state index is 6.02. The van der Waals surface area contributed by atoms with E-state index in [9.17, 15) is 0 Å². The Morgan fingerprint density at radius 1 is 1.17 bits per heavy atom. The van der Waals surface area contributed by atoms with Gasteiger partial charge < -0.3 is 14.8 Å². The van der Waals surface area contributed by atoms with Crippen LogP contribution in [-0.2, 0) is 11.2 Å². The minimum Gasteiger partial charge on any atom is -0.490 e. The highest BCUT2D eigenvalue weighted by Crippen LogP contribution is 2.18. The molecule has 0 saturated carbocycles. The normalized spacial score (nSPS) is 20.4. The zero-order valence-corrected chi connectivity index (χ0v) is 11.2. The summed E-state index contributed by atoms with van der Waals surface area (Å²) in [4.78, 5) is 0. The summed E-state index contributed by atoms with van der Waals surface area (Å²) >= 11 is 0. The van der Waals surface area contributed by atoms with Crippen molar-refractivity contribution in [3.63, 3.8) is 0 Å². The van der Waals surface area contributed by atoms with Gasteiger partial charge in [-0.3, -0.25) is 0 Å². The third kappa shape index (κ3) is 4.31. The summed E-state index contributed by atoms with van der Waals surface area (Å²) in [6.07, 6.45) is 4.79. The second-order valence-corrected chi connectivity index (χ2v) is 4.81. The zero-order valence-electron chi connectivity index (χ0n) is 11.2. The highest BCUT2D eigenvalue weighted by atomic mass is 16.5. The third-order valence-electron chi connectivity index (χ3n) is 3.34. The molecule has 1 aliphatic rings. The van der Waals surface area contributed by atoms with Gasteiger partial charge in [0.1, 0.15) is 5.75 Å². The van der Waals surface area contributed by atoms with Crippen LogP contribution in [0.2, 0.25) is 0 Å². The summed E-state index contributed by atoms with van der Waals surface area (Å²) in [6.45, 7) is 2.96. The first-order valence-electron chi connectivity index (χ1n) is 6.84. The Morgan fingerprint density at radius 2 is 2.00 bits per heavy atom. The number of ether oxygens (including phenoxy) is 2. The molecule has 0 aliphatic carbocycles. The van der Waals surface area contributed by atoms with Crippen LogP contribution in [0.1, 0.15) is 24.8 Å². The van der Waals surface area contributed by atoms with E-state index in [2.05, 4.69) is 29.6 Å². The number of methoxy groups -OCH3 is 1. The van der Waals surface area contributed by atoms with E-state index in [0.717, 1.165) is 44.7 Å². The van der Waals surface area contributed by atoms with Crippen LogP contribution in [0, 0.1) is 0 Å². The Morgan fingerprint density at radius 3 is 2.78 bits per heavy atom. The SMILES string of the molecule is COCCc1ccc(OC2CCCNCC2)cc1. The van der Waals surface area contributed by atoms with Gasteiger partial charge in [0.2, 0.25) is 0 Å². The maximum absolute atomic E-state index is 6.02. The molecule has 1 saturated heterocycles. The first-order valence-corrected chi connectivity index (χ1v) is 6.84. The molecule has 2 rings (SSSR count).